The van der Waals surface area contributed by atoms with Gasteiger partial charge >= 0.3 is 0 Å². The largest absolute Gasteiger partial charge is 0.493 e. The molecule has 26 heavy (non-hydrogen) atoms. The molecule has 3 aromatic heterocycles. The minimum absolute atomic E-state index is 0.0958. The van der Waals surface area contributed by atoms with Crippen LogP contribution in [0.5, 0.6) is 5.75 Å². The predicted octanol–water partition coefficient (Wildman–Crippen LogP) is 2.39. The van der Waals surface area contributed by atoms with Crippen molar-refractivity contribution in [2.45, 2.75) is 6.42 Å². The smallest absolute Gasteiger partial charge is 0.275 e. The van der Waals surface area contributed by atoms with E-state index < -0.39 is 0 Å². The Morgan fingerprint density at radius 2 is 2.12 bits per heavy atom. The predicted molar refractivity (Wildman–Crippen MR) is 102 cm³/mol. The van der Waals surface area contributed by atoms with Crippen molar-refractivity contribution in [2.24, 2.45) is 0 Å². The summed E-state index contributed by atoms with van der Waals surface area (Å²) in [6.45, 7) is 0.688. The van der Waals surface area contributed by atoms with Gasteiger partial charge in [0.2, 0.25) is 0 Å². The maximum Gasteiger partial charge on any atom is 0.275 e. The van der Waals surface area contributed by atoms with E-state index in [4.69, 9.17) is 4.74 Å². The van der Waals surface area contributed by atoms with Crippen molar-refractivity contribution >= 4 is 37.6 Å². The lowest BCUT2D eigenvalue weighted by Gasteiger charge is -2.11. The fourth-order valence-corrected chi connectivity index (χ4v) is 4.32. The maximum atomic E-state index is 13.1. The number of hydrogen-bond acceptors (Lipinski definition) is 7. The third kappa shape index (κ3) is 2.12. The number of hydrogen-bond donors (Lipinski definition) is 0. The summed E-state index contributed by atoms with van der Waals surface area (Å²) in [5, 5.41) is 0.823. The molecule has 0 amide bonds. The van der Waals surface area contributed by atoms with Crippen LogP contribution in [0.2, 0.25) is 0 Å². The molecule has 5 rings (SSSR count). The first-order valence-electron chi connectivity index (χ1n) is 8.22. The molecule has 0 fully saturated rings. The molecule has 0 N–H and O–H groups in total. The topological polar surface area (TPSA) is 73.1 Å². The van der Waals surface area contributed by atoms with Crippen LogP contribution in [0.15, 0.2) is 35.6 Å². The van der Waals surface area contributed by atoms with Gasteiger partial charge in [-0.3, -0.25) is 9.36 Å². The first-order chi connectivity index (χ1) is 12.6. The van der Waals surface area contributed by atoms with E-state index in [9.17, 15) is 4.79 Å². The average Bonchev–Trinajstić information content (AvgIpc) is 3.25. The van der Waals surface area contributed by atoms with Gasteiger partial charge in [0, 0.05) is 20.5 Å². The molecule has 4 heterocycles. The molecule has 0 aliphatic carbocycles. The van der Waals surface area contributed by atoms with Crippen molar-refractivity contribution in [3.8, 4) is 11.4 Å². The molecule has 7 nitrogen and oxygen atoms in total. The number of ether oxygens (including phenoxy) is 1. The quantitative estimate of drug-likeness (QED) is 0.543. The van der Waals surface area contributed by atoms with Crippen molar-refractivity contribution in [3.05, 3.63) is 46.8 Å². The van der Waals surface area contributed by atoms with E-state index in [1.54, 1.807) is 10.9 Å². The van der Waals surface area contributed by atoms with Gasteiger partial charge < -0.3 is 9.64 Å². The molecule has 0 radical (unpaired) electrons. The Balaban J connectivity index is 1.77. The highest BCUT2D eigenvalue weighted by atomic mass is 32.1. The summed E-state index contributed by atoms with van der Waals surface area (Å²) in [6.07, 6.45) is 3.96. The van der Waals surface area contributed by atoms with Crippen molar-refractivity contribution in [3.63, 3.8) is 0 Å². The van der Waals surface area contributed by atoms with Crippen LogP contribution in [-0.2, 0) is 6.42 Å². The molecule has 0 atom stereocenters. The van der Waals surface area contributed by atoms with Gasteiger partial charge in [0.05, 0.1) is 17.7 Å². The van der Waals surface area contributed by atoms with Gasteiger partial charge in [-0.05, 0) is 23.8 Å². The monoisotopic (exact) mass is 365 g/mol. The third-order valence-corrected chi connectivity index (χ3v) is 5.61. The number of anilines is 1. The number of benzene rings is 1. The van der Waals surface area contributed by atoms with E-state index in [0.717, 1.165) is 39.5 Å². The Morgan fingerprint density at radius 1 is 1.23 bits per heavy atom. The first kappa shape index (κ1) is 15.3. The van der Waals surface area contributed by atoms with E-state index >= 15 is 0 Å². The van der Waals surface area contributed by atoms with Crippen LogP contribution in [-0.4, -0.2) is 40.2 Å². The molecule has 8 heteroatoms. The summed E-state index contributed by atoms with van der Waals surface area (Å²) >= 11 is 1.36. The molecule has 130 valence electrons. The Bertz CT molecular complexity index is 1230. The van der Waals surface area contributed by atoms with E-state index in [1.165, 1.54) is 17.7 Å². The van der Waals surface area contributed by atoms with Gasteiger partial charge in [-0.25, -0.2) is 15.0 Å². The number of aromatic nitrogens is 4. The molecular weight excluding hydrogens is 350 g/mol. The molecule has 0 spiro atoms. The molecule has 4 aromatic rings. The second kappa shape index (κ2) is 5.50. The van der Waals surface area contributed by atoms with Crippen LogP contribution in [0, 0.1) is 0 Å². The lowest BCUT2D eigenvalue weighted by atomic mass is 10.1. The van der Waals surface area contributed by atoms with E-state index in [0.29, 0.717) is 16.8 Å². The molecule has 0 saturated heterocycles. The number of thiophene rings is 1. The summed E-state index contributed by atoms with van der Waals surface area (Å²) in [5.74, 6) is 1.66. The summed E-state index contributed by atoms with van der Waals surface area (Å²) in [7, 11) is 3.83. The Labute approximate surface area is 152 Å². The summed E-state index contributed by atoms with van der Waals surface area (Å²) < 4.78 is 7.71. The van der Waals surface area contributed by atoms with Gasteiger partial charge in [-0.1, -0.05) is 0 Å². The second-order valence-electron chi connectivity index (χ2n) is 6.36. The van der Waals surface area contributed by atoms with Crippen molar-refractivity contribution in [1.29, 1.82) is 0 Å². The standard InChI is InChI=1S/C18H15N5O2S/c1-22(2)16-13-14-15(26-17(13)20-8-19-16)18(24)23(9-21-14)11-3-4-12-10(7-11)5-6-25-12/h3-4,7-9H,5-6H2,1-2H3. The Kier molecular flexibility index (Phi) is 3.23. The van der Waals surface area contributed by atoms with Crippen LogP contribution < -0.4 is 15.2 Å². The van der Waals surface area contributed by atoms with Gasteiger partial charge in [0.15, 0.2) is 0 Å². The average molecular weight is 365 g/mol. The number of rotatable bonds is 2. The number of fused-ring (bicyclic) bond motifs is 4. The zero-order valence-electron chi connectivity index (χ0n) is 14.3. The summed E-state index contributed by atoms with van der Waals surface area (Å²) in [5.41, 5.74) is 2.47. The number of nitrogens with zero attached hydrogens (tertiary/aromatic N) is 5. The van der Waals surface area contributed by atoms with Gasteiger partial charge in [-0.2, -0.15) is 0 Å². The lowest BCUT2D eigenvalue weighted by Crippen LogP contribution is -2.18. The SMILES string of the molecule is CN(C)c1ncnc2sc3c(=O)n(-c4ccc5c(c4)CCO5)cnc3c12. The van der Waals surface area contributed by atoms with Gasteiger partial charge in [0.1, 0.15) is 39.3 Å². The zero-order chi connectivity index (χ0) is 17.8. The van der Waals surface area contributed by atoms with Crippen LogP contribution in [0.4, 0.5) is 5.82 Å². The van der Waals surface area contributed by atoms with Crippen LogP contribution in [0.3, 0.4) is 0 Å². The highest BCUT2D eigenvalue weighted by Crippen LogP contribution is 2.34. The second-order valence-corrected chi connectivity index (χ2v) is 7.36. The first-order valence-corrected chi connectivity index (χ1v) is 9.03. The molecule has 0 unspecified atom stereocenters. The van der Waals surface area contributed by atoms with E-state index in [2.05, 4.69) is 15.0 Å². The molecular formula is C18H15N5O2S. The van der Waals surface area contributed by atoms with Crippen LogP contribution >= 0.6 is 11.3 Å². The molecule has 1 aliphatic rings. The fraction of sp³-hybridized carbons (Fsp3) is 0.222. The highest BCUT2D eigenvalue weighted by molar-refractivity contribution is 7.25. The summed E-state index contributed by atoms with van der Waals surface area (Å²) in [4.78, 5) is 29.0. The normalized spacial score (nSPS) is 13.2. The van der Waals surface area contributed by atoms with Crippen LogP contribution in [0.1, 0.15) is 5.56 Å². The zero-order valence-corrected chi connectivity index (χ0v) is 15.1. The maximum absolute atomic E-state index is 13.1. The lowest BCUT2D eigenvalue weighted by molar-refractivity contribution is 0.357. The minimum Gasteiger partial charge on any atom is -0.493 e. The van der Waals surface area contributed by atoms with Gasteiger partial charge in [0.25, 0.3) is 5.56 Å². The Morgan fingerprint density at radius 3 is 2.96 bits per heavy atom. The molecule has 1 aromatic carbocycles. The fourth-order valence-electron chi connectivity index (χ4n) is 3.30. The van der Waals surface area contributed by atoms with Crippen LogP contribution in [0.25, 0.3) is 26.1 Å². The Hall–Kier alpha value is -3.00. The van der Waals surface area contributed by atoms with E-state index in [-0.39, 0.29) is 5.56 Å². The third-order valence-electron chi connectivity index (χ3n) is 4.53. The molecule has 0 saturated carbocycles. The van der Waals surface area contributed by atoms with Crippen molar-refractivity contribution in [2.75, 3.05) is 25.6 Å². The molecule has 1 aliphatic heterocycles. The van der Waals surface area contributed by atoms with Gasteiger partial charge in [-0.15, -0.1) is 11.3 Å². The van der Waals surface area contributed by atoms with Crippen molar-refractivity contribution in [1.82, 2.24) is 19.5 Å². The highest BCUT2D eigenvalue weighted by Gasteiger charge is 2.19. The van der Waals surface area contributed by atoms with Crippen molar-refractivity contribution < 1.29 is 4.74 Å². The van der Waals surface area contributed by atoms with E-state index in [1.807, 2.05) is 37.2 Å². The summed E-state index contributed by atoms with van der Waals surface area (Å²) in [6, 6.07) is 5.79. The molecule has 0 bridgehead atoms. The minimum atomic E-state index is -0.0958.